The van der Waals surface area contributed by atoms with Crippen LogP contribution in [0.4, 0.5) is 0 Å². The topological polar surface area (TPSA) is 66.7 Å². The van der Waals surface area contributed by atoms with Crippen LogP contribution in [0.2, 0.25) is 0 Å². The molecule has 0 saturated heterocycles. The molecular formula is C24H15BO4. The Balaban J connectivity index is 1.76. The molecular weight excluding hydrogens is 363 g/mol. The molecule has 6 rings (SSSR count). The van der Waals surface area contributed by atoms with Crippen molar-refractivity contribution in [1.82, 2.24) is 0 Å². The van der Waals surface area contributed by atoms with E-state index in [1.165, 1.54) is 0 Å². The summed E-state index contributed by atoms with van der Waals surface area (Å²) in [5, 5.41) is 23.2. The molecule has 0 aliphatic carbocycles. The zero-order chi connectivity index (χ0) is 19.5. The van der Waals surface area contributed by atoms with Crippen molar-refractivity contribution in [3.8, 4) is 11.1 Å². The van der Waals surface area contributed by atoms with Gasteiger partial charge in [0.1, 0.15) is 22.3 Å². The normalized spacial score (nSPS) is 11.8. The lowest BCUT2D eigenvalue weighted by Crippen LogP contribution is -2.29. The molecule has 6 aromatic rings. The van der Waals surface area contributed by atoms with Gasteiger partial charge < -0.3 is 18.9 Å². The van der Waals surface area contributed by atoms with E-state index >= 15 is 0 Å². The summed E-state index contributed by atoms with van der Waals surface area (Å²) >= 11 is 0. The van der Waals surface area contributed by atoms with E-state index in [0.717, 1.165) is 43.8 Å². The van der Waals surface area contributed by atoms with Gasteiger partial charge in [0.15, 0.2) is 0 Å². The standard InChI is InChI=1S/C24H15BO4/c26-25(27)18-8-4-7-16-22-21(29-24(16)18)12-11-20-23(22)17-13-15(9-10-19(17)28-20)14-5-2-1-3-6-14/h1-13,26-27H. The molecule has 0 aliphatic rings. The van der Waals surface area contributed by atoms with E-state index in [1.54, 1.807) is 6.07 Å². The maximum absolute atomic E-state index is 9.73. The fourth-order valence-electron chi connectivity index (χ4n) is 4.19. The molecule has 2 N–H and O–H groups in total. The van der Waals surface area contributed by atoms with Crippen molar-refractivity contribution in [2.75, 3.05) is 0 Å². The summed E-state index contributed by atoms with van der Waals surface area (Å²) in [5.41, 5.74) is 5.35. The van der Waals surface area contributed by atoms with E-state index in [0.29, 0.717) is 16.6 Å². The number of benzene rings is 4. The Kier molecular flexibility index (Phi) is 3.39. The Morgan fingerprint density at radius 3 is 2.10 bits per heavy atom. The second-order valence-electron chi connectivity index (χ2n) is 7.19. The van der Waals surface area contributed by atoms with Crippen LogP contribution in [0.1, 0.15) is 0 Å². The number of para-hydroxylation sites is 1. The maximum Gasteiger partial charge on any atom is 0.492 e. The minimum absolute atomic E-state index is 0.352. The molecule has 0 saturated carbocycles. The Bertz CT molecular complexity index is 1530. The smallest absolute Gasteiger partial charge is 0.456 e. The van der Waals surface area contributed by atoms with Gasteiger partial charge in [-0.05, 0) is 35.4 Å². The molecule has 29 heavy (non-hydrogen) atoms. The molecule has 0 fully saturated rings. The van der Waals surface area contributed by atoms with Crippen LogP contribution in [-0.4, -0.2) is 17.2 Å². The lowest BCUT2D eigenvalue weighted by atomic mass is 9.79. The van der Waals surface area contributed by atoms with Crippen LogP contribution >= 0.6 is 0 Å². The summed E-state index contributed by atoms with van der Waals surface area (Å²) < 4.78 is 12.1. The highest BCUT2D eigenvalue weighted by Gasteiger charge is 2.22. The molecule has 138 valence electrons. The van der Waals surface area contributed by atoms with Crippen LogP contribution in [0.25, 0.3) is 55.0 Å². The lowest BCUT2D eigenvalue weighted by Gasteiger charge is -2.01. The SMILES string of the molecule is OB(O)c1cccc2c1oc1ccc3oc4ccc(-c5ccccc5)cc4c3c12. The molecule has 0 bridgehead atoms. The van der Waals surface area contributed by atoms with Gasteiger partial charge in [-0.15, -0.1) is 0 Å². The highest BCUT2D eigenvalue weighted by atomic mass is 16.4. The number of furan rings is 2. The average molecular weight is 378 g/mol. The van der Waals surface area contributed by atoms with Crippen LogP contribution in [0.15, 0.2) is 87.7 Å². The maximum atomic E-state index is 9.73. The Morgan fingerprint density at radius 2 is 1.31 bits per heavy atom. The fraction of sp³-hybridized carbons (Fsp3) is 0. The molecule has 2 aromatic heterocycles. The van der Waals surface area contributed by atoms with Crippen molar-refractivity contribution in [3.05, 3.63) is 78.9 Å². The summed E-state index contributed by atoms with van der Waals surface area (Å²) in [7, 11) is -1.60. The van der Waals surface area contributed by atoms with E-state index in [2.05, 4.69) is 24.3 Å². The zero-order valence-electron chi connectivity index (χ0n) is 15.3. The first-order valence-corrected chi connectivity index (χ1v) is 9.42. The summed E-state index contributed by atoms with van der Waals surface area (Å²) in [5.74, 6) is 0. The van der Waals surface area contributed by atoms with E-state index in [4.69, 9.17) is 8.83 Å². The van der Waals surface area contributed by atoms with E-state index < -0.39 is 7.12 Å². The van der Waals surface area contributed by atoms with Gasteiger partial charge in [-0.2, -0.15) is 0 Å². The average Bonchev–Trinajstić information content (AvgIpc) is 3.31. The van der Waals surface area contributed by atoms with E-state index in [1.807, 2.05) is 48.5 Å². The van der Waals surface area contributed by atoms with E-state index in [-0.39, 0.29) is 0 Å². The number of fused-ring (bicyclic) bond motifs is 7. The van der Waals surface area contributed by atoms with Gasteiger partial charge in [-0.1, -0.05) is 54.6 Å². The zero-order valence-corrected chi connectivity index (χ0v) is 15.3. The van der Waals surface area contributed by atoms with Gasteiger partial charge in [-0.25, -0.2) is 0 Å². The van der Waals surface area contributed by atoms with Gasteiger partial charge in [0, 0.05) is 27.0 Å². The van der Waals surface area contributed by atoms with Crippen molar-refractivity contribution in [2.24, 2.45) is 0 Å². The molecule has 0 radical (unpaired) electrons. The summed E-state index contributed by atoms with van der Waals surface area (Å²) in [6.45, 7) is 0. The van der Waals surface area contributed by atoms with Crippen molar-refractivity contribution in [3.63, 3.8) is 0 Å². The largest absolute Gasteiger partial charge is 0.492 e. The Morgan fingerprint density at radius 1 is 0.586 bits per heavy atom. The van der Waals surface area contributed by atoms with E-state index in [9.17, 15) is 10.0 Å². The molecule has 0 aliphatic heterocycles. The number of hydrogen-bond donors (Lipinski definition) is 2. The fourth-order valence-corrected chi connectivity index (χ4v) is 4.19. The predicted molar refractivity (Wildman–Crippen MR) is 116 cm³/mol. The van der Waals surface area contributed by atoms with Gasteiger partial charge in [0.05, 0.1) is 0 Å². The molecule has 4 nitrogen and oxygen atoms in total. The number of rotatable bonds is 2. The minimum atomic E-state index is -1.60. The third-order valence-electron chi connectivity index (χ3n) is 5.51. The number of hydrogen-bond acceptors (Lipinski definition) is 4. The predicted octanol–water partition coefficient (Wildman–Crippen LogP) is 4.83. The first-order chi connectivity index (χ1) is 14.2. The first kappa shape index (κ1) is 16.4. The molecule has 0 atom stereocenters. The molecule has 5 heteroatoms. The molecule has 0 amide bonds. The van der Waals surface area contributed by atoms with Gasteiger partial charge in [0.2, 0.25) is 0 Å². The van der Waals surface area contributed by atoms with Crippen LogP contribution in [-0.2, 0) is 0 Å². The van der Waals surface area contributed by atoms with Gasteiger partial charge in [0.25, 0.3) is 0 Å². The molecule has 4 aromatic carbocycles. The minimum Gasteiger partial charge on any atom is -0.456 e. The van der Waals surface area contributed by atoms with Crippen LogP contribution < -0.4 is 5.46 Å². The highest BCUT2D eigenvalue weighted by Crippen LogP contribution is 2.40. The van der Waals surface area contributed by atoms with Gasteiger partial charge in [-0.3, -0.25) is 0 Å². The molecule has 0 unspecified atom stereocenters. The second-order valence-corrected chi connectivity index (χ2v) is 7.19. The summed E-state index contributed by atoms with van der Waals surface area (Å²) in [6.07, 6.45) is 0. The summed E-state index contributed by atoms with van der Waals surface area (Å²) in [6, 6.07) is 25.6. The van der Waals surface area contributed by atoms with Crippen molar-refractivity contribution >= 4 is 56.5 Å². The molecule has 0 spiro atoms. The van der Waals surface area contributed by atoms with Crippen LogP contribution in [0, 0.1) is 0 Å². The third-order valence-corrected chi connectivity index (χ3v) is 5.51. The Labute approximate surface area is 165 Å². The lowest BCUT2D eigenvalue weighted by molar-refractivity contribution is 0.425. The first-order valence-electron chi connectivity index (χ1n) is 9.42. The Hall–Kier alpha value is -3.54. The third kappa shape index (κ3) is 2.35. The van der Waals surface area contributed by atoms with Crippen LogP contribution in [0.3, 0.4) is 0 Å². The highest BCUT2D eigenvalue weighted by molar-refractivity contribution is 6.62. The van der Waals surface area contributed by atoms with Crippen molar-refractivity contribution < 1.29 is 18.9 Å². The van der Waals surface area contributed by atoms with Crippen LogP contribution in [0.5, 0.6) is 0 Å². The van der Waals surface area contributed by atoms with Crippen molar-refractivity contribution in [1.29, 1.82) is 0 Å². The summed E-state index contributed by atoms with van der Waals surface area (Å²) in [4.78, 5) is 0. The second kappa shape index (κ2) is 5.98. The monoisotopic (exact) mass is 378 g/mol. The molecule has 2 heterocycles. The van der Waals surface area contributed by atoms with Crippen molar-refractivity contribution in [2.45, 2.75) is 0 Å². The quantitative estimate of drug-likeness (QED) is 0.424. The van der Waals surface area contributed by atoms with Gasteiger partial charge >= 0.3 is 7.12 Å².